The van der Waals surface area contributed by atoms with Gasteiger partial charge in [-0.15, -0.1) is 0 Å². The molecular formula is C23H28N2O4. The van der Waals surface area contributed by atoms with Gasteiger partial charge in [0.05, 0.1) is 12.2 Å². The minimum absolute atomic E-state index is 0.0300. The van der Waals surface area contributed by atoms with Gasteiger partial charge in [0.25, 0.3) is 5.91 Å². The predicted octanol–water partition coefficient (Wildman–Crippen LogP) is 4.32. The molecule has 0 radical (unpaired) electrons. The number of ether oxygens (including phenoxy) is 2. The van der Waals surface area contributed by atoms with Crippen molar-refractivity contribution in [2.24, 2.45) is 0 Å². The van der Waals surface area contributed by atoms with Crippen molar-refractivity contribution in [3.63, 3.8) is 0 Å². The van der Waals surface area contributed by atoms with Gasteiger partial charge < -0.3 is 19.7 Å². The Balaban J connectivity index is 1.72. The second-order valence-corrected chi connectivity index (χ2v) is 7.25. The van der Waals surface area contributed by atoms with E-state index in [-0.39, 0.29) is 11.8 Å². The number of nitrogens with one attached hydrogen (secondary N) is 1. The van der Waals surface area contributed by atoms with Crippen molar-refractivity contribution in [1.29, 1.82) is 0 Å². The van der Waals surface area contributed by atoms with Crippen LogP contribution in [0.2, 0.25) is 0 Å². The average molecular weight is 396 g/mol. The number of carbonyl (C=O) groups is 2. The highest BCUT2D eigenvalue weighted by Gasteiger charge is 2.31. The van der Waals surface area contributed by atoms with E-state index in [9.17, 15) is 9.59 Å². The van der Waals surface area contributed by atoms with Crippen molar-refractivity contribution in [3.05, 3.63) is 48.0 Å². The summed E-state index contributed by atoms with van der Waals surface area (Å²) in [5.74, 6) is 1.24. The highest BCUT2D eigenvalue weighted by molar-refractivity contribution is 6.01. The maximum Gasteiger partial charge on any atom is 0.267 e. The molecule has 3 rings (SSSR count). The number of unbranched alkanes of at least 4 members (excludes halogenated alkanes) is 1. The Morgan fingerprint density at radius 1 is 1.24 bits per heavy atom. The Labute approximate surface area is 171 Å². The molecule has 1 aliphatic rings. The fourth-order valence-corrected chi connectivity index (χ4v) is 3.24. The largest absolute Gasteiger partial charge is 0.492 e. The Bertz CT molecular complexity index is 881. The van der Waals surface area contributed by atoms with Crippen LogP contribution in [0, 0.1) is 6.92 Å². The molecule has 0 fully saturated rings. The zero-order chi connectivity index (χ0) is 20.8. The van der Waals surface area contributed by atoms with Crippen LogP contribution in [-0.4, -0.2) is 31.1 Å². The molecule has 0 saturated heterocycles. The maximum atomic E-state index is 12.7. The number of benzene rings is 2. The van der Waals surface area contributed by atoms with Gasteiger partial charge in [-0.3, -0.25) is 9.59 Å². The number of anilines is 2. The van der Waals surface area contributed by atoms with Crippen molar-refractivity contribution >= 4 is 23.2 Å². The molecule has 1 atom stereocenters. The second-order valence-electron chi connectivity index (χ2n) is 7.25. The van der Waals surface area contributed by atoms with Gasteiger partial charge in [0.15, 0.2) is 6.10 Å². The van der Waals surface area contributed by atoms with Crippen LogP contribution >= 0.6 is 0 Å². The summed E-state index contributed by atoms with van der Waals surface area (Å²) >= 11 is 0. The van der Waals surface area contributed by atoms with Gasteiger partial charge in [0.1, 0.15) is 18.1 Å². The normalized spacial score (nSPS) is 15.5. The first-order valence-electron chi connectivity index (χ1n) is 10.1. The zero-order valence-electron chi connectivity index (χ0n) is 17.2. The molecular weight excluding hydrogens is 368 g/mol. The van der Waals surface area contributed by atoms with Crippen molar-refractivity contribution < 1.29 is 19.1 Å². The molecule has 6 heteroatoms. The van der Waals surface area contributed by atoms with Gasteiger partial charge in [0.2, 0.25) is 5.91 Å². The SMILES string of the molecule is CCCCC(=O)Nc1ccc2c(c1)N(CCOc1cccc(C)c1)C(=O)C(C)O2. The van der Waals surface area contributed by atoms with Crippen LogP contribution in [-0.2, 0) is 9.59 Å². The number of hydrogen-bond donors (Lipinski definition) is 1. The summed E-state index contributed by atoms with van der Waals surface area (Å²) in [7, 11) is 0. The minimum Gasteiger partial charge on any atom is -0.492 e. The lowest BCUT2D eigenvalue weighted by molar-refractivity contribution is -0.125. The Morgan fingerprint density at radius 2 is 2.07 bits per heavy atom. The molecule has 0 saturated carbocycles. The highest BCUT2D eigenvalue weighted by Crippen LogP contribution is 2.36. The molecule has 0 spiro atoms. The van der Waals surface area contributed by atoms with Gasteiger partial charge in [-0.2, -0.15) is 0 Å². The number of nitrogens with zero attached hydrogens (tertiary/aromatic N) is 1. The van der Waals surface area contributed by atoms with Gasteiger partial charge in [-0.1, -0.05) is 25.5 Å². The molecule has 0 bridgehead atoms. The third-order valence-electron chi connectivity index (χ3n) is 4.78. The fraction of sp³-hybridized carbons (Fsp3) is 0.391. The Hall–Kier alpha value is -3.02. The average Bonchev–Trinajstić information content (AvgIpc) is 2.70. The van der Waals surface area contributed by atoms with E-state index >= 15 is 0 Å². The minimum atomic E-state index is -0.563. The predicted molar refractivity (Wildman–Crippen MR) is 114 cm³/mol. The molecule has 2 aromatic carbocycles. The summed E-state index contributed by atoms with van der Waals surface area (Å²) in [5, 5.41) is 2.90. The lowest BCUT2D eigenvalue weighted by atomic mass is 10.1. The molecule has 1 heterocycles. The van der Waals surface area contributed by atoms with E-state index in [0.29, 0.717) is 36.7 Å². The summed E-state index contributed by atoms with van der Waals surface area (Å²) in [4.78, 5) is 26.4. The van der Waals surface area contributed by atoms with Gasteiger partial charge in [-0.05, 0) is 56.2 Å². The van der Waals surface area contributed by atoms with Crippen molar-refractivity contribution in [2.75, 3.05) is 23.4 Å². The van der Waals surface area contributed by atoms with Crippen LogP contribution in [0.15, 0.2) is 42.5 Å². The first-order chi connectivity index (χ1) is 14.0. The van der Waals surface area contributed by atoms with Crippen LogP contribution in [0.3, 0.4) is 0 Å². The smallest absolute Gasteiger partial charge is 0.267 e. The fourth-order valence-electron chi connectivity index (χ4n) is 3.24. The number of rotatable bonds is 8. The zero-order valence-corrected chi connectivity index (χ0v) is 17.2. The molecule has 0 aliphatic carbocycles. The van der Waals surface area contributed by atoms with Crippen molar-refractivity contribution in [1.82, 2.24) is 0 Å². The van der Waals surface area contributed by atoms with E-state index in [1.807, 2.05) is 38.1 Å². The molecule has 29 heavy (non-hydrogen) atoms. The Kier molecular flexibility index (Phi) is 6.75. The monoisotopic (exact) mass is 396 g/mol. The second kappa shape index (κ2) is 9.45. The number of hydrogen-bond acceptors (Lipinski definition) is 4. The lowest BCUT2D eigenvalue weighted by Gasteiger charge is -2.33. The van der Waals surface area contributed by atoms with Crippen LogP contribution in [0.4, 0.5) is 11.4 Å². The van der Waals surface area contributed by atoms with E-state index in [1.165, 1.54) is 0 Å². The third kappa shape index (κ3) is 5.28. The first kappa shape index (κ1) is 20.7. The third-order valence-corrected chi connectivity index (χ3v) is 4.78. The molecule has 1 unspecified atom stereocenters. The van der Waals surface area contributed by atoms with E-state index in [2.05, 4.69) is 5.32 Å². The van der Waals surface area contributed by atoms with Gasteiger partial charge in [0, 0.05) is 12.1 Å². The lowest BCUT2D eigenvalue weighted by Crippen LogP contribution is -2.46. The number of amides is 2. The standard InChI is InChI=1S/C23H28N2O4/c1-4-5-9-22(26)24-18-10-11-21-20(15-18)25(23(27)17(3)29-21)12-13-28-19-8-6-7-16(2)14-19/h6-8,10-11,14-15,17H,4-5,9,12-13H2,1-3H3,(H,24,26). The topological polar surface area (TPSA) is 67.9 Å². The number of aryl methyl sites for hydroxylation is 1. The number of fused-ring (bicyclic) bond motifs is 1. The first-order valence-corrected chi connectivity index (χ1v) is 10.1. The van der Waals surface area contributed by atoms with Gasteiger partial charge >= 0.3 is 0 Å². The van der Waals surface area contributed by atoms with Crippen LogP contribution in [0.1, 0.15) is 38.7 Å². The summed E-state index contributed by atoms with van der Waals surface area (Å²) < 4.78 is 11.6. The van der Waals surface area contributed by atoms with E-state index in [4.69, 9.17) is 9.47 Å². The van der Waals surface area contributed by atoms with Crippen molar-refractivity contribution in [2.45, 2.75) is 46.1 Å². The summed E-state index contributed by atoms with van der Waals surface area (Å²) in [5.41, 5.74) is 2.42. The Morgan fingerprint density at radius 3 is 2.83 bits per heavy atom. The number of carbonyl (C=O) groups excluding carboxylic acids is 2. The van der Waals surface area contributed by atoms with Crippen LogP contribution < -0.4 is 19.7 Å². The summed E-state index contributed by atoms with van der Waals surface area (Å²) in [6.45, 7) is 6.54. The highest BCUT2D eigenvalue weighted by atomic mass is 16.5. The maximum absolute atomic E-state index is 12.7. The van der Waals surface area contributed by atoms with Crippen molar-refractivity contribution in [3.8, 4) is 11.5 Å². The summed E-state index contributed by atoms with van der Waals surface area (Å²) in [6, 6.07) is 13.2. The van der Waals surface area contributed by atoms with Gasteiger partial charge in [-0.25, -0.2) is 0 Å². The molecule has 154 valence electrons. The van der Waals surface area contributed by atoms with E-state index < -0.39 is 6.10 Å². The van der Waals surface area contributed by atoms with Crippen LogP contribution in [0.25, 0.3) is 0 Å². The molecule has 2 aromatic rings. The van der Waals surface area contributed by atoms with E-state index in [0.717, 1.165) is 24.2 Å². The quantitative estimate of drug-likeness (QED) is 0.722. The van der Waals surface area contributed by atoms with E-state index in [1.54, 1.807) is 30.0 Å². The van der Waals surface area contributed by atoms with Crippen LogP contribution in [0.5, 0.6) is 11.5 Å². The molecule has 0 aromatic heterocycles. The summed E-state index contributed by atoms with van der Waals surface area (Å²) in [6.07, 6.45) is 1.73. The molecule has 1 aliphatic heterocycles. The molecule has 6 nitrogen and oxygen atoms in total. The molecule has 1 N–H and O–H groups in total. The molecule has 2 amide bonds.